The highest BCUT2D eigenvalue weighted by Gasteiger charge is 2.04. The summed E-state index contributed by atoms with van der Waals surface area (Å²) in [6, 6.07) is 26.5. The number of nitriles is 1. The lowest BCUT2D eigenvalue weighted by molar-refractivity contribution is 0.811. The molecule has 3 aromatic rings. The second kappa shape index (κ2) is 10.9. The van der Waals surface area contributed by atoms with Crippen LogP contribution in [0, 0.1) is 18.3 Å². The van der Waals surface area contributed by atoms with Crippen LogP contribution in [0.4, 0.5) is 0 Å². The summed E-state index contributed by atoms with van der Waals surface area (Å²) in [6.07, 6.45) is 2.09. The Morgan fingerprint density at radius 1 is 0.970 bits per heavy atom. The van der Waals surface area contributed by atoms with Gasteiger partial charge in [-0.05, 0) is 65.9 Å². The van der Waals surface area contributed by atoms with Crippen molar-refractivity contribution in [1.82, 2.24) is 10.0 Å². The summed E-state index contributed by atoms with van der Waals surface area (Å²) >= 11 is 0. The van der Waals surface area contributed by atoms with Gasteiger partial charge in [0.05, 0.1) is 11.6 Å². The third kappa shape index (κ3) is 6.73. The Labute approximate surface area is 198 Å². The van der Waals surface area contributed by atoms with Gasteiger partial charge in [-0.2, -0.15) is 5.26 Å². The fraction of sp³-hybridized carbons (Fsp3) is 0.138. The monoisotopic (exact) mass is 453 g/mol. The Bertz CT molecular complexity index is 1310. The number of nitrogens with one attached hydrogen (secondary N) is 2. The van der Waals surface area contributed by atoms with Gasteiger partial charge in [0.25, 0.3) is 0 Å². The summed E-state index contributed by atoms with van der Waals surface area (Å²) in [5.74, 6) is 8.55. The Morgan fingerprint density at radius 2 is 1.64 bits per heavy atom. The molecule has 0 bridgehead atoms. The van der Waals surface area contributed by atoms with E-state index in [-0.39, 0.29) is 0 Å². The van der Waals surface area contributed by atoms with E-state index in [1.807, 2.05) is 30.3 Å². The molecule has 3 aromatic carbocycles. The van der Waals surface area contributed by atoms with E-state index in [9.17, 15) is 0 Å². The van der Waals surface area contributed by atoms with E-state index in [1.54, 1.807) is 6.07 Å². The molecule has 2 N–H and O–H groups in total. The second-order valence-electron chi connectivity index (χ2n) is 8.18. The Morgan fingerprint density at radius 3 is 2.30 bits per heavy atom. The maximum Gasteiger partial charge on any atom is 0.0992 e. The van der Waals surface area contributed by atoms with Crippen LogP contribution < -0.4 is 10.0 Å². The maximum absolute atomic E-state index is 9.13. The molecular formula is C29H31N3S. The zero-order valence-corrected chi connectivity index (χ0v) is 20.2. The molecular weight excluding hydrogens is 422 g/mol. The predicted octanol–water partition coefficient (Wildman–Crippen LogP) is 6.31. The smallest absolute Gasteiger partial charge is 0.0992 e. The van der Waals surface area contributed by atoms with Crippen molar-refractivity contribution in [2.45, 2.75) is 31.8 Å². The molecule has 0 amide bonds. The first kappa shape index (κ1) is 24.1. The fourth-order valence-corrected chi connectivity index (χ4v) is 4.75. The number of hydrogen-bond donors (Lipinski definition) is 2. The van der Waals surface area contributed by atoms with Crippen molar-refractivity contribution >= 4 is 26.7 Å². The van der Waals surface area contributed by atoms with Crippen LogP contribution in [0.15, 0.2) is 96.0 Å². The van der Waals surface area contributed by atoms with Crippen LogP contribution in [0.5, 0.6) is 0 Å². The van der Waals surface area contributed by atoms with Crippen molar-refractivity contribution in [3.8, 4) is 6.07 Å². The number of rotatable bonds is 9. The molecule has 168 valence electrons. The average Bonchev–Trinajstić information content (AvgIpc) is 2.82. The molecule has 0 saturated heterocycles. The molecule has 0 unspecified atom stereocenters. The van der Waals surface area contributed by atoms with Crippen LogP contribution >= 0.6 is 9.39 Å². The molecule has 0 aliphatic carbocycles. The van der Waals surface area contributed by atoms with Crippen LogP contribution in [0.3, 0.4) is 0 Å². The van der Waals surface area contributed by atoms with Gasteiger partial charge in [0.2, 0.25) is 0 Å². The van der Waals surface area contributed by atoms with Gasteiger partial charge in [-0.25, -0.2) is 0 Å². The number of allylic oxidation sites excluding steroid dienone is 3. The highest BCUT2D eigenvalue weighted by Crippen LogP contribution is 2.28. The van der Waals surface area contributed by atoms with Crippen molar-refractivity contribution in [1.29, 1.82) is 5.26 Å². The first-order valence-corrected chi connectivity index (χ1v) is 12.7. The van der Waals surface area contributed by atoms with Crippen LogP contribution in [0.1, 0.15) is 34.7 Å². The standard InChI is InChI=1S/C29H31N3S/c1-22-9-6-7-12-29(22)23(2)17-24(3)31-20-25-13-15-26(16-14-25)21-32-33(4,5)28-11-8-10-27(18-28)19-30/h6-18,31-32H,2,4-5,20-21H2,1,3H3/b24-17+. The largest absolute Gasteiger partial charge is 0.384 e. The second-order valence-corrected chi connectivity index (χ2v) is 10.7. The minimum absolute atomic E-state index is 0.627. The molecule has 3 nitrogen and oxygen atoms in total. The average molecular weight is 454 g/mol. The predicted molar refractivity (Wildman–Crippen MR) is 145 cm³/mol. The summed E-state index contributed by atoms with van der Waals surface area (Å²) in [4.78, 5) is 0.969. The molecule has 0 fully saturated rings. The Balaban J connectivity index is 1.55. The molecule has 0 spiro atoms. The molecule has 0 saturated carbocycles. The van der Waals surface area contributed by atoms with Crippen LogP contribution in [0.25, 0.3) is 5.57 Å². The summed E-state index contributed by atoms with van der Waals surface area (Å²) in [5, 5.41) is 12.6. The third-order valence-corrected chi connectivity index (χ3v) is 7.30. The SMILES string of the molecule is C=C(/C=C(\C)NCc1ccc(CNS(=C)(=C)c2cccc(C#N)c2)cc1)c1ccccc1C. The number of hydrogen-bond acceptors (Lipinski definition) is 3. The third-order valence-electron chi connectivity index (χ3n) is 5.44. The molecule has 0 aliphatic heterocycles. The Hall–Kier alpha value is -3.52. The first-order chi connectivity index (χ1) is 15.8. The first-order valence-electron chi connectivity index (χ1n) is 10.8. The minimum atomic E-state index is -1.69. The quantitative estimate of drug-likeness (QED) is 0.295. The highest BCUT2D eigenvalue weighted by molar-refractivity contribution is 8.26. The molecule has 0 heterocycles. The zero-order chi connectivity index (χ0) is 23.8. The summed E-state index contributed by atoms with van der Waals surface area (Å²) in [6.45, 7) is 9.80. The summed E-state index contributed by atoms with van der Waals surface area (Å²) in [5.41, 5.74) is 7.48. The fourth-order valence-electron chi connectivity index (χ4n) is 3.45. The van der Waals surface area contributed by atoms with E-state index in [0.29, 0.717) is 12.1 Å². The van der Waals surface area contributed by atoms with Gasteiger partial charge in [-0.3, -0.25) is 4.72 Å². The molecule has 0 radical (unpaired) electrons. The number of benzene rings is 3. The van der Waals surface area contributed by atoms with Gasteiger partial charge in [0.1, 0.15) is 0 Å². The molecule has 0 atom stereocenters. The minimum Gasteiger partial charge on any atom is -0.384 e. The lowest BCUT2D eigenvalue weighted by Crippen LogP contribution is -2.12. The molecule has 0 aromatic heterocycles. The van der Waals surface area contributed by atoms with Crippen LogP contribution in [-0.2, 0) is 13.1 Å². The van der Waals surface area contributed by atoms with Gasteiger partial charge >= 0.3 is 0 Å². The number of nitrogens with zero attached hydrogens (tertiary/aromatic N) is 1. The van der Waals surface area contributed by atoms with Crippen molar-refractivity contribution in [2.24, 2.45) is 0 Å². The van der Waals surface area contributed by atoms with E-state index in [0.717, 1.165) is 22.7 Å². The molecule has 4 heteroatoms. The van der Waals surface area contributed by atoms with E-state index in [1.165, 1.54) is 22.3 Å². The summed E-state index contributed by atoms with van der Waals surface area (Å²) in [7, 11) is -1.69. The van der Waals surface area contributed by atoms with Gasteiger partial charge in [-0.1, -0.05) is 72.9 Å². The van der Waals surface area contributed by atoms with Crippen LogP contribution in [0.2, 0.25) is 0 Å². The van der Waals surface area contributed by atoms with Crippen molar-refractivity contribution < 1.29 is 0 Å². The van der Waals surface area contributed by atoms with Crippen LogP contribution in [-0.4, -0.2) is 11.7 Å². The molecule has 33 heavy (non-hydrogen) atoms. The van der Waals surface area contributed by atoms with Crippen molar-refractivity contribution in [2.75, 3.05) is 0 Å². The normalized spacial score (nSPS) is 11.6. The maximum atomic E-state index is 9.13. The van der Waals surface area contributed by atoms with Crippen molar-refractivity contribution in [3.63, 3.8) is 0 Å². The Kier molecular flexibility index (Phi) is 7.95. The lowest BCUT2D eigenvalue weighted by atomic mass is 10.0. The highest BCUT2D eigenvalue weighted by atomic mass is 32.2. The van der Waals surface area contributed by atoms with E-state index < -0.39 is 9.39 Å². The molecule has 3 rings (SSSR count). The van der Waals surface area contributed by atoms with Gasteiger partial charge < -0.3 is 5.32 Å². The topological polar surface area (TPSA) is 47.8 Å². The lowest BCUT2D eigenvalue weighted by Gasteiger charge is -2.17. The van der Waals surface area contributed by atoms with E-state index >= 15 is 0 Å². The van der Waals surface area contributed by atoms with Gasteiger partial charge in [0, 0.05) is 23.7 Å². The summed E-state index contributed by atoms with van der Waals surface area (Å²) < 4.78 is 3.47. The van der Waals surface area contributed by atoms with Crippen molar-refractivity contribution in [3.05, 3.63) is 119 Å². The van der Waals surface area contributed by atoms with E-state index in [2.05, 4.69) is 90.7 Å². The number of aryl methyl sites for hydroxylation is 1. The van der Waals surface area contributed by atoms with E-state index in [4.69, 9.17) is 5.26 Å². The van der Waals surface area contributed by atoms with Gasteiger partial charge in [-0.15, -0.1) is 9.39 Å². The van der Waals surface area contributed by atoms with Gasteiger partial charge in [0.15, 0.2) is 0 Å². The zero-order valence-electron chi connectivity index (χ0n) is 19.4. The molecule has 0 aliphatic rings.